The number of nitrogens with zero attached hydrogens (tertiary/aromatic N) is 1. The molecule has 1 atom stereocenters. The lowest BCUT2D eigenvalue weighted by molar-refractivity contribution is -0.131. The molecule has 2 aromatic carbocycles. The Morgan fingerprint density at radius 2 is 1.66 bits per heavy atom. The predicted molar refractivity (Wildman–Crippen MR) is 103 cm³/mol. The normalized spacial score (nSPS) is 17.0. The highest BCUT2D eigenvalue weighted by atomic mass is 32.2. The molecule has 4 N–H and O–H groups in total. The molecule has 29 heavy (non-hydrogen) atoms. The van der Waals surface area contributed by atoms with Crippen LogP contribution in [0.1, 0.15) is 35.9 Å². The first-order valence-electron chi connectivity index (χ1n) is 9.06. The molecule has 8 nitrogen and oxygen atoms in total. The van der Waals surface area contributed by atoms with Gasteiger partial charge in [0, 0.05) is 13.1 Å². The molecule has 2 aromatic rings. The van der Waals surface area contributed by atoms with E-state index >= 15 is 0 Å². The van der Waals surface area contributed by atoms with Crippen molar-refractivity contribution < 1.29 is 27.9 Å². The standard InChI is InChI=1S/C19H22FN3O5S/c20-16-5-1-13(2-6-16)14-9-11-23(12-10-14)29(27,28)22-18(19(25)21-26)15-3-7-17(24)8-4-15/h1-8,14,18,22,24,26H,9-12H2,(H,21,25)/t18-/m1/s1. The van der Waals surface area contributed by atoms with Crippen LogP contribution in [-0.2, 0) is 15.0 Å². The summed E-state index contributed by atoms with van der Waals surface area (Å²) in [4.78, 5) is 12.0. The third-order valence-corrected chi connectivity index (χ3v) is 6.58. The lowest BCUT2D eigenvalue weighted by Crippen LogP contribution is -2.48. The van der Waals surface area contributed by atoms with E-state index < -0.39 is 22.2 Å². The number of hydrogen-bond acceptors (Lipinski definition) is 5. The van der Waals surface area contributed by atoms with Gasteiger partial charge in [-0.25, -0.2) is 9.87 Å². The van der Waals surface area contributed by atoms with Crippen LogP contribution in [0, 0.1) is 5.82 Å². The summed E-state index contributed by atoms with van der Waals surface area (Å²) in [6.45, 7) is 0.473. The van der Waals surface area contributed by atoms with Crippen molar-refractivity contribution in [3.63, 3.8) is 0 Å². The van der Waals surface area contributed by atoms with Crippen LogP contribution in [0.4, 0.5) is 4.39 Å². The molecule has 0 radical (unpaired) electrons. The third kappa shape index (κ3) is 5.10. The third-order valence-electron chi connectivity index (χ3n) is 5.00. The number of carbonyl (C=O) groups excluding carboxylic acids is 1. The van der Waals surface area contributed by atoms with E-state index in [2.05, 4.69) is 4.72 Å². The van der Waals surface area contributed by atoms with Crippen molar-refractivity contribution in [2.75, 3.05) is 13.1 Å². The maximum atomic E-state index is 13.1. The van der Waals surface area contributed by atoms with E-state index in [9.17, 15) is 22.7 Å². The van der Waals surface area contributed by atoms with Crippen LogP contribution in [0.3, 0.4) is 0 Å². The SMILES string of the molecule is O=C(NO)[C@H](NS(=O)(=O)N1CCC(c2ccc(F)cc2)CC1)c1ccc(O)cc1. The molecule has 156 valence electrons. The molecule has 1 heterocycles. The van der Waals surface area contributed by atoms with E-state index in [0.29, 0.717) is 12.8 Å². The Kier molecular flexibility index (Phi) is 6.48. The highest BCUT2D eigenvalue weighted by Gasteiger charge is 2.33. The second-order valence-corrected chi connectivity index (χ2v) is 8.55. The number of aromatic hydroxyl groups is 1. The summed E-state index contributed by atoms with van der Waals surface area (Å²) < 4.78 is 42.2. The zero-order valence-corrected chi connectivity index (χ0v) is 16.3. The van der Waals surface area contributed by atoms with Gasteiger partial charge in [-0.2, -0.15) is 17.4 Å². The van der Waals surface area contributed by atoms with E-state index in [1.165, 1.54) is 46.2 Å². The summed E-state index contributed by atoms with van der Waals surface area (Å²) in [5.41, 5.74) is 2.68. The number of phenolic OH excluding ortho intramolecular Hbond substituents is 1. The molecule has 1 amide bonds. The maximum Gasteiger partial charge on any atom is 0.280 e. The number of rotatable bonds is 6. The van der Waals surface area contributed by atoms with Gasteiger partial charge in [0.05, 0.1) is 0 Å². The van der Waals surface area contributed by atoms with Gasteiger partial charge >= 0.3 is 0 Å². The van der Waals surface area contributed by atoms with Crippen molar-refractivity contribution in [3.8, 4) is 5.75 Å². The van der Waals surface area contributed by atoms with Gasteiger partial charge in [-0.1, -0.05) is 24.3 Å². The maximum absolute atomic E-state index is 13.1. The van der Waals surface area contributed by atoms with Gasteiger partial charge in [-0.15, -0.1) is 0 Å². The molecule has 1 aliphatic rings. The molecule has 1 fully saturated rings. The minimum absolute atomic E-state index is 0.0392. The molecule has 1 aliphatic heterocycles. The smallest absolute Gasteiger partial charge is 0.280 e. The Balaban J connectivity index is 1.70. The van der Waals surface area contributed by atoms with Crippen LogP contribution in [0.15, 0.2) is 48.5 Å². The van der Waals surface area contributed by atoms with Crippen LogP contribution in [0.5, 0.6) is 5.75 Å². The quantitative estimate of drug-likeness (QED) is 0.417. The first kappa shape index (κ1) is 21.2. The summed E-state index contributed by atoms with van der Waals surface area (Å²) in [5.74, 6) is -1.18. The second kappa shape index (κ2) is 8.87. The zero-order valence-electron chi connectivity index (χ0n) is 15.5. The fraction of sp³-hybridized carbons (Fsp3) is 0.316. The molecule has 1 saturated heterocycles. The molecule has 0 unspecified atom stereocenters. The molecule has 0 saturated carbocycles. The van der Waals surface area contributed by atoms with E-state index in [0.717, 1.165) is 5.56 Å². The summed E-state index contributed by atoms with van der Waals surface area (Å²) in [5, 5.41) is 18.4. The molecule has 3 rings (SSSR count). The summed E-state index contributed by atoms with van der Waals surface area (Å²) in [7, 11) is -4.02. The van der Waals surface area contributed by atoms with Gasteiger partial charge in [-0.3, -0.25) is 10.0 Å². The number of hydrogen-bond donors (Lipinski definition) is 4. The predicted octanol–water partition coefficient (Wildman–Crippen LogP) is 1.79. The lowest BCUT2D eigenvalue weighted by Gasteiger charge is -2.32. The number of halogens is 1. The van der Waals surface area contributed by atoms with Crippen molar-refractivity contribution in [1.82, 2.24) is 14.5 Å². The molecule has 0 aromatic heterocycles. The summed E-state index contributed by atoms with van der Waals surface area (Å²) in [6, 6.07) is 10.2. The number of nitrogens with one attached hydrogen (secondary N) is 2. The highest BCUT2D eigenvalue weighted by molar-refractivity contribution is 7.87. The van der Waals surface area contributed by atoms with Crippen LogP contribution >= 0.6 is 0 Å². The molecule has 10 heteroatoms. The Bertz CT molecular complexity index is 943. The number of amides is 1. The van der Waals surface area contributed by atoms with Gasteiger partial charge in [-0.05, 0) is 54.2 Å². The largest absolute Gasteiger partial charge is 0.508 e. The van der Waals surface area contributed by atoms with E-state index in [4.69, 9.17) is 5.21 Å². The van der Waals surface area contributed by atoms with Crippen molar-refractivity contribution in [1.29, 1.82) is 0 Å². The highest BCUT2D eigenvalue weighted by Crippen LogP contribution is 2.29. The van der Waals surface area contributed by atoms with Crippen LogP contribution < -0.4 is 10.2 Å². The van der Waals surface area contributed by atoms with Gasteiger partial charge in [0.1, 0.15) is 17.6 Å². The van der Waals surface area contributed by atoms with Crippen molar-refractivity contribution in [3.05, 3.63) is 65.5 Å². The topological polar surface area (TPSA) is 119 Å². The lowest BCUT2D eigenvalue weighted by atomic mass is 9.90. The van der Waals surface area contributed by atoms with Gasteiger partial charge in [0.2, 0.25) is 0 Å². The van der Waals surface area contributed by atoms with E-state index in [1.807, 2.05) is 0 Å². The van der Waals surface area contributed by atoms with E-state index in [-0.39, 0.29) is 36.1 Å². The Labute approximate surface area is 168 Å². The molecule has 0 aliphatic carbocycles. The first-order valence-corrected chi connectivity index (χ1v) is 10.5. The van der Waals surface area contributed by atoms with Crippen molar-refractivity contribution in [2.24, 2.45) is 0 Å². The first-order chi connectivity index (χ1) is 13.8. The van der Waals surface area contributed by atoms with Crippen LogP contribution in [0.25, 0.3) is 0 Å². The number of benzene rings is 2. The zero-order chi connectivity index (χ0) is 21.0. The Morgan fingerprint density at radius 1 is 1.07 bits per heavy atom. The van der Waals surface area contributed by atoms with E-state index in [1.54, 1.807) is 12.1 Å². The monoisotopic (exact) mass is 423 g/mol. The minimum atomic E-state index is -4.02. The minimum Gasteiger partial charge on any atom is -0.508 e. The van der Waals surface area contributed by atoms with Gasteiger partial charge in [0.15, 0.2) is 0 Å². The summed E-state index contributed by atoms with van der Waals surface area (Å²) in [6.07, 6.45) is 1.12. The number of hydroxylamine groups is 1. The number of carbonyl (C=O) groups is 1. The molecular weight excluding hydrogens is 401 g/mol. The fourth-order valence-corrected chi connectivity index (χ4v) is 4.77. The van der Waals surface area contributed by atoms with Gasteiger partial charge < -0.3 is 5.11 Å². The molecule has 0 spiro atoms. The average Bonchev–Trinajstić information content (AvgIpc) is 2.73. The van der Waals surface area contributed by atoms with Crippen LogP contribution in [0.2, 0.25) is 0 Å². The Morgan fingerprint density at radius 3 is 2.21 bits per heavy atom. The van der Waals surface area contributed by atoms with Crippen LogP contribution in [-0.4, -0.2) is 42.0 Å². The van der Waals surface area contributed by atoms with Gasteiger partial charge in [0.25, 0.3) is 16.1 Å². The second-order valence-electron chi connectivity index (χ2n) is 6.85. The summed E-state index contributed by atoms with van der Waals surface area (Å²) >= 11 is 0. The average molecular weight is 423 g/mol. The molecular formula is C19H22FN3O5S. The van der Waals surface area contributed by atoms with Crippen molar-refractivity contribution >= 4 is 16.1 Å². The fourth-order valence-electron chi connectivity index (χ4n) is 3.39. The van der Waals surface area contributed by atoms with Crippen molar-refractivity contribution in [2.45, 2.75) is 24.8 Å². The number of phenols is 1. The Hall–Kier alpha value is -2.53. The molecule has 0 bridgehead atoms. The number of piperidine rings is 1.